The number of carbonyl (C=O) groups excluding carboxylic acids is 1. The van der Waals surface area contributed by atoms with Crippen molar-refractivity contribution in [3.05, 3.63) is 29.8 Å². The molecule has 0 aliphatic carbocycles. The molecule has 4 nitrogen and oxygen atoms in total. The van der Waals surface area contributed by atoms with E-state index in [1.54, 1.807) is 0 Å². The summed E-state index contributed by atoms with van der Waals surface area (Å²) in [5, 5.41) is 3.62. The molecule has 1 fully saturated rings. The largest absolute Gasteiger partial charge is 0.444 e. The molecule has 1 N–H and O–H groups in total. The zero-order valence-electron chi connectivity index (χ0n) is 13.6. The zero-order chi connectivity index (χ0) is 16.2. The highest BCUT2D eigenvalue weighted by Crippen LogP contribution is 2.23. The van der Waals surface area contributed by atoms with E-state index in [1.807, 2.05) is 25.7 Å². The molecule has 122 valence electrons. The molecule has 2 rings (SSSR count). The molecule has 0 unspecified atom stereocenters. The summed E-state index contributed by atoms with van der Waals surface area (Å²) in [5.74, 6) is 0. The van der Waals surface area contributed by atoms with E-state index >= 15 is 0 Å². The van der Waals surface area contributed by atoms with Gasteiger partial charge in [-0.1, -0.05) is 40.8 Å². The standard InChI is InChI=1S/C17H25IN2O2/c1-17(2,3)22-16(21)20-10-8-14(9-11-20)19-15-7-5-4-6-13(15)12-18/h4-7,14,19H,8-12H2,1-3H3. The molecule has 1 amide bonds. The molecule has 22 heavy (non-hydrogen) atoms. The maximum atomic E-state index is 12.1. The Balaban J connectivity index is 1.86. The van der Waals surface area contributed by atoms with Crippen LogP contribution in [0, 0.1) is 0 Å². The van der Waals surface area contributed by atoms with Crippen LogP contribution in [0.1, 0.15) is 39.2 Å². The molecular formula is C17H25IN2O2. The quantitative estimate of drug-likeness (QED) is 0.586. The molecule has 0 aromatic heterocycles. The number of hydrogen-bond donors (Lipinski definition) is 1. The van der Waals surface area contributed by atoms with E-state index < -0.39 is 5.60 Å². The fraction of sp³-hybridized carbons (Fsp3) is 0.588. The van der Waals surface area contributed by atoms with E-state index in [9.17, 15) is 4.79 Å². The number of para-hydroxylation sites is 1. The third-order valence-corrected chi connectivity index (χ3v) is 4.49. The number of alkyl halides is 1. The van der Waals surface area contributed by atoms with E-state index in [0.29, 0.717) is 6.04 Å². The van der Waals surface area contributed by atoms with Crippen molar-refractivity contribution >= 4 is 34.4 Å². The average molecular weight is 416 g/mol. The van der Waals surface area contributed by atoms with Crippen LogP contribution in [-0.4, -0.2) is 35.7 Å². The maximum absolute atomic E-state index is 12.1. The maximum Gasteiger partial charge on any atom is 0.410 e. The van der Waals surface area contributed by atoms with Gasteiger partial charge in [0.25, 0.3) is 0 Å². The molecule has 0 saturated carbocycles. The van der Waals surface area contributed by atoms with Gasteiger partial charge in [-0.15, -0.1) is 0 Å². The second-order valence-electron chi connectivity index (χ2n) is 6.68. The van der Waals surface area contributed by atoms with Gasteiger partial charge in [-0.2, -0.15) is 0 Å². The zero-order valence-corrected chi connectivity index (χ0v) is 15.7. The normalized spacial score (nSPS) is 16.5. The van der Waals surface area contributed by atoms with Crippen molar-refractivity contribution in [1.82, 2.24) is 4.90 Å². The Morgan fingerprint density at radius 3 is 2.55 bits per heavy atom. The third kappa shape index (κ3) is 5.04. The van der Waals surface area contributed by atoms with Crippen LogP contribution < -0.4 is 5.32 Å². The number of nitrogens with zero attached hydrogens (tertiary/aromatic N) is 1. The van der Waals surface area contributed by atoms with Crippen LogP contribution >= 0.6 is 22.6 Å². The molecule has 0 atom stereocenters. The molecular weight excluding hydrogens is 391 g/mol. The van der Waals surface area contributed by atoms with Gasteiger partial charge in [0.15, 0.2) is 0 Å². The SMILES string of the molecule is CC(C)(C)OC(=O)N1CCC(Nc2ccccc2CI)CC1. The summed E-state index contributed by atoms with van der Waals surface area (Å²) in [6.45, 7) is 7.21. The van der Waals surface area contributed by atoms with Crippen LogP contribution in [0.4, 0.5) is 10.5 Å². The number of likely N-dealkylation sites (tertiary alicyclic amines) is 1. The first kappa shape index (κ1) is 17.4. The molecule has 1 aliphatic heterocycles. The third-order valence-electron chi connectivity index (χ3n) is 3.67. The minimum Gasteiger partial charge on any atom is -0.444 e. The van der Waals surface area contributed by atoms with Gasteiger partial charge in [0.2, 0.25) is 0 Å². The summed E-state index contributed by atoms with van der Waals surface area (Å²) in [6.07, 6.45) is 1.71. The summed E-state index contributed by atoms with van der Waals surface area (Å²) in [4.78, 5) is 13.9. The monoisotopic (exact) mass is 416 g/mol. The summed E-state index contributed by atoms with van der Waals surface area (Å²) in [6, 6.07) is 8.85. The Morgan fingerprint density at radius 1 is 1.32 bits per heavy atom. The summed E-state index contributed by atoms with van der Waals surface area (Å²) >= 11 is 2.39. The fourth-order valence-electron chi connectivity index (χ4n) is 2.53. The number of carbonyl (C=O) groups is 1. The lowest BCUT2D eigenvalue weighted by Gasteiger charge is -2.34. The molecule has 1 aliphatic rings. The van der Waals surface area contributed by atoms with E-state index in [-0.39, 0.29) is 6.09 Å². The second kappa shape index (κ2) is 7.53. The van der Waals surface area contributed by atoms with Gasteiger partial charge in [-0.05, 0) is 45.2 Å². The number of anilines is 1. The van der Waals surface area contributed by atoms with Crippen LogP contribution in [0.2, 0.25) is 0 Å². The first-order valence-electron chi connectivity index (χ1n) is 7.77. The summed E-state index contributed by atoms with van der Waals surface area (Å²) in [5.41, 5.74) is 2.12. The van der Waals surface area contributed by atoms with E-state index in [4.69, 9.17) is 4.74 Å². The van der Waals surface area contributed by atoms with Crippen molar-refractivity contribution < 1.29 is 9.53 Å². The average Bonchev–Trinajstić information content (AvgIpc) is 2.47. The number of nitrogens with one attached hydrogen (secondary N) is 1. The molecule has 1 aromatic carbocycles. The minimum atomic E-state index is -0.425. The first-order chi connectivity index (χ1) is 10.4. The lowest BCUT2D eigenvalue weighted by Crippen LogP contribution is -2.44. The van der Waals surface area contributed by atoms with E-state index in [0.717, 1.165) is 30.4 Å². The lowest BCUT2D eigenvalue weighted by atomic mass is 10.0. The number of benzene rings is 1. The van der Waals surface area contributed by atoms with Crippen molar-refractivity contribution in [2.75, 3.05) is 18.4 Å². The highest BCUT2D eigenvalue weighted by Gasteiger charge is 2.26. The molecule has 0 radical (unpaired) electrons. The van der Waals surface area contributed by atoms with Crippen molar-refractivity contribution in [1.29, 1.82) is 0 Å². The lowest BCUT2D eigenvalue weighted by molar-refractivity contribution is 0.0210. The van der Waals surface area contributed by atoms with Crippen molar-refractivity contribution in [2.24, 2.45) is 0 Å². The van der Waals surface area contributed by atoms with Crippen LogP contribution in [0.5, 0.6) is 0 Å². The Bertz CT molecular complexity index is 506. The van der Waals surface area contributed by atoms with Gasteiger partial charge in [0.05, 0.1) is 0 Å². The summed E-state index contributed by atoms with van der Waals surface area (Å²) in [7, 11) is 0. The molecule has 0 bridgehead atoms. The number of piperidine rings is 1. The topological polar surface area (TPSA) is 41.6 Å². The Labute approximate surface area is 146 Å². The minimum absolute atomic E-state index is 0.196. The van der Waals surface area contributed by atoms with Gasteiger partial charge in [0, 0.05) is 29.2 Å². The molecule has 1 saturated heterocycles. The van der Waals surface area contributed by atoms with Gasteiger partial charge in [-0.25, -0.2) is 4.79 Å². The van der Waals surface area contributed by atoms with Gasteiger partial charge < -0.3 is 15.0 Å². The van der Waals surface area contributed by atoms with Crippen LogP contribution in [0.25, 0.3) is 0 Å². The Kier molecular flexibility index (Phi) is 5.94. The first-order valence-corrected chi connectivity index (χ1v) is 9.30. The van der Waals surface area contributed by atoms with Crippen LogP contribution in [-0.2, 0) is 9.16 Å². The summed E-state index contributed by atoms with van der Waals surface area (Å²) < 4.78 is 6.43. The Hall–Kier alpha value is -0.980. The highest BCUT2D eigenvalue weighted by molar-refractivity contribution is 14.1. The molecule has 0 spiro atoms. The smallest absolute Gasteiger partial charge is 0.410 e. The number of ether oxygens (including phenoxy) is 1. The van der Waals surface area contributed by atoms with Crippen molar-refractivity contribution in [3.63, 3.8) is 0 Å². The second-order valence-corrected chi connectivity index (χ2v) is 7.44. The van der Waals surface area contributed by atoms with Gasteiger partial charge in [-0.3, -0.25) is 0 Å². The highest BCUT2D eigenvalue weighted by atomic mass is 127. The fourth-order valence-corrected chi connectivity index (χ4v) is 3.20. The number of hydrogen-bond acceptors (Lipinski definition) is 3. The number of rotatable bonds is 3. The van der Waals surface area contributed by atoms with Gasteiger partial charge >= 0.3 is 6.09 Å². The molecule has 1 heterocycles. The predicted molar refractivity (Wildman–Crippen MR) is 98.6 cm³/mol. The van der Waals surface area contributed by atoms with E-state index in [2.05, 4.69) is 52.2 Å². The predicted octanol–water partition coefficient (Wildman–Crippen LogP) is 4.43. The number of amides is 1. The Morgan fingerprint density at radius 2 is 1.95 bits per heavy atom. The van der Waals surface area contributed by atoms with Crippen LogP contribution in [0.15, 0.2) is 24.3 Å². The number of halogens is 1. The molecule has 1 aromatic rings. The van der Waals surface area contributed by atoms with Crippen molar-refractivity contribution in [3.8, 4) is 0 Å². The van der Waals surface area contributed by atoms with E-state index in [1.165, 1.54) is 11.3 Å². The van der Waals surface area contributed by atoms with Crippen LogP contribution in [0.3, 0.4) is 0 Å². The van der Waals surface area contributed by atoms with Gasteiger partial charge in [0.1, 0.15) is 5.60 Å². The molecule has 5 heteroatoms. The van der Waals surface area contributed by atoms with Crippen molar-refractivity contribution in [2.45, 2.75) is 49.7 Å².